The number of anilines is 2. The molecule has 0 radical (unpaired) electrons. The molecule has 2 aromatic rings. The molecule has 0 unspecified atom stereocenters. The third kappa shape index (κ3) is 3.50. The van der Waals surface area contributed by atoms with Gasteiger partial charge in [-0.1, -0.05) is 12.1 Å². The van der Waals surface area contributed by atoms with Crippen molar-refractivity contribution in [2.75, 3.05) is 42.6 Å². The summed E-state index contributed by atoms with van der Waals surface area (Å²) in [5, 5.41) is 0. The van der Waals surface area contributed by atoms with Crippen molar-refractivity contribution in [1.29, 1.82) is 0 Å². The van der Waals surface area contributed by atoms with Crippen molar-refractivity contribution < 1.29 is 28.7 Å². The molecule has 4 amide bonds. The number of amides is 4. The number of hydrogen-bond acceptors (Lipinski definition) is 6. The number of benzene rings is 2. The van der Waals surface area contributed by atoms with Crippen molar-refractivity contribution in [1.82, 2.24) is 4.90 Å². The van der Waals surface area contributed by atoms with Crippen molar-refractivity contribution in [3.63, 3.8) is 0 Å². The van der Waals surface area contributed by atoms with Gasteiger partial charge in [0, 0.05) is 30.9 Å². The molecule has 2 fully saturated rings. The number of ether oxygens (including phenoxy) is 2. The van der Waals surface area contributed by atoms with E-state index in [1.807, 2.05) is 0 Å². The van der Waals surface area contributed by atoms with Gasteiger partial charge < -0.3 is 14.4 Å². The number of morpholine rings is 1. The first-order valence-corrected chi connectivity index (χ1v) is 10.4. The maximum absolute atomic E-state index is 12.5. The van der Waals surface area contributed by atoms with E-state index in [1.54, 1.807) is 53.4 Å². The molecule has 2 aromatic carbocycles. The quantitative estimate of drug-likeness (QED) is 0.667. The van der Waals surface area contributed by atoms with Gasteiger partial charge in [0.1, 0.15) is 12.7 Å². The van der Waals surface area contributed by atoms with Gasteiger partial charge in [-0.2, -0.15) is 0 Å². The highest BCUT2D eigenvalue weighted by Gasteiger charge is 2.37. The van der Waals surface area contributed by atoms with Crippen LogP contribution in [0.15, 0.2) is 48.5 Å². The van der Waals surface area contributed by atoms with Gasteiger partial charge >= 0.3 is 6.09 Å². The van der Waals surface area contributed by atoms with Gasteiger partial charge in [0.15, 0.2) is 0 Å². The van der Waals surface area contributed by atoms with Crippen LogP contribution in [-0.4, -0.2) is 67.7 Å². The molecule has 9 heteroatoms. The molecule has 0 aliphatic carbocycles. The van der Waals surface area contributed by atoms with Crippen LogP contribution in [0.2, 0.25) is 0 Å². The van der Waals surface area contributed by atoms with Crippen molar-refractivity contribution in [2.45, 2.75) is 12.5 Å². The van der Waals surface area contributed by atoms with E-state index >= 15 is 0 Å². The SMILES string of the molecule is O=C1c2ccccc2C(=O)N1CC[C@H]1CN(c2ccc(N3CCOCC3=O)cc2)C(=O)O1. The van der Waals surface area contributed by atoms with Gasteiger partial charge in [0.2, 0.25) is 0 Å². The predicted octanol–water partition coefficient (Wildman–Crippen LogP) is 2.06. The van der Waals surface area contributed by atoms with E-state index in [9.17, 15) is 19.2 Å². The lowest BCUT2D eigenvalue weighted by Gasteiger charge is -2.27. The molecule has 5 rings (SSSR count). The first-order valence-electron chi connectivity index (χ1n) is 10.4. The first kappa shape index (κ1) is 20.2. The summed E-state index contributed by atoms with van der Waals surface area (Å²) in [7, 11) is 0. The molecule has 0 N–H and O–H groups in total. The summed E-state index contributed by atoms with van der Waals surface area (Å²) in [6.45, 7) is 1.54. The van der Waals surface area contributed by atoms with Crippen LogP contribution in [0, 0.1) is 0 Å². The highest BCUT2D eigenvalue weighted by atomic mass is 16.6. The molecule has 3 aliphatic heterocycles. The standard InChI is InChI=1S/C23H21N3O6/c27-20-14-31-12-11-24(20)15-5-7-16(8-6-15)26-13-17(32-23(26)30)9-10-25-21(28)18-3-1-2-4-19(18)22(25)29/h1-8,17H,9-14H2/t17-/m0/s1. The molecular weight excluding hydrogens is 414 g/mol. The molecular formula is C23H21N3O6. The van der Waals surface area contributed by atoms with Gasteiger partial charge in [0.25, 0.3) is 17.7 Å². The molecule has 9 nitrogen and oxygen atoms in total. The van der Waals surface area contributed by atoms with Crippen LogP contribution < -0.4 is 9.80 Å². The van der Waals surface area contributed by atoms with Gasteiger partial charge in [-0.05, 0) is 36.4 Å². The predicted molar refractivity (Wildman–Crippen MR) is 114 cm³/mol. The zero-order valence-corrected chi connectivity index (χ0v) is 17.2. The van der Waals surface area contributed by atoms with E-state index in [0.717, 1.165) is 5.69 Å². The molecule has 32 heavy (non-hydrogen) atoms. The molecule has 164 valence electrons. The number of hydrogen-bond donors (Lipinski definition) is 0. The van der Waals surface area contributed by atoms with E-state index in [-0.39, 0.29) is 30.9 Å². The topological polar surface area (TPSA) is 96.5 Å². The van der Waals surface area contributed by atoms with E-state index in [0.29, 0.717) is 42.9 Å². The summed E-state index contributed by atoms with van der Waals surface area (Å²) in [4.78, 5) is 53.8. The summed E-state index contributed by atoms with van der Waals surface area (Å²) >= 11 is 0. The fourth-order valence-corrected chi connectivity index (χ4v) is 4.20. The van der Waals surface area contributed by atoms with E-state index < -0.39 is 12.2 Å². The number of fused-ring (bicyclic) bond motifs is 1. The second kappa shape index (κ2) is 8.08. The van der Waals surface area contributed by atoms with Crippen LogP contribution in [0.1, 0.15) is 27.1 Å². The molecule has 0 bridgehead atoms. The average Bonchev–Trinajstić information content (AvgIpc) is 3.30. The Balaban J connectivity index is 1.21. The van der Waals surface area contributed by atoms with Crippen molar-refractivity contribution in [3.05, 3.63) is 59.7 Å². The van der Waals surface area contributed by atoms with E-state index in [4.69, 9.17) is 9.47 Å². The summed E-state index contributed by atoms with van der Waals surface area (Å²) < 4.78 is 10.6. The highest BCUT2D eigenvalue weighted by molar-refractivity contribution is 6.21. The number of nitrogens with zero attached hydrogens (tertiary/aromatic N) is 3. The smallest absolute Gasteiger partial charge is 0.414 e. The summed E-state index contributed by atoms with van der Waals surface area (Å²) in [6, 6.07) is 13.9. The Morgan fingerprint density at radius 2 is 1.47 bits per heavy atom. The number of cyclic esters (lactones) is 1. The maximum atomic E-state index is 12.5. The lowest BCUT2D eigenvalue weighted by Crippen LogP contribution is -2.41. The minimum Gasteiger partial charge on any atom is -0.444 e. The Morgan fingerprint density at radius 3 is 2.09 bits per heavy atom. The molecule has 1 atom stereocenters. The van der Waals surface area contributed by atoms with Gasteiger partial charge in [-0.25, -0.2) is 4.79 Å². The zero-order valence-electron chi connectivity index (χ0n) is 17.2. The molecule has 3 heterocycles. The molecule has 0 spiro atoms. The second-order valence-electron chi connectivity index (χ2n) is 7.83. The fraction of sp³-hybridized carbons (Fsp3) is 0.304. The lowest BCUT2D eigenvalue weighted by atomic mass is 10.1. The summed E-state index contributed by atoms with van der Waals surface area (Å²) in [6.07, 6.45) is -0.562. The molecule has 0 saturated carbocycles. The number of rotatable bonds is 5. The third-order valence-corrected chi connectivity index (χ3v) is 5.89. The van der Waals surface area contributed by atoms with Gasteiger partial charge in [-0.15, -0.1) is 0 Å². The summed E-state index contributed by atoms with van der Waals surface area (Å²) in [5.41, 5.74) is 2.21. The monoisotopic (exact) mass is 435 g/mol. The van der Waals surface area contributed by atoms with Gasteiger partial charge in [-0.3, -0.25) is 24.2 Å². The minimum atomic E-state index is -0.479. The van der Waals surface area contributed by atoms with Crippen molar-refractivity contribution in [2.24, 2.45) is 0 Å². The lowest BCUT2D eigenvalue weighted by molar-refractivity contribution is -0.125. The maximum Gasteiger partial charge on any atom is 0.414 e. The largest absolute Gasteiger partial charge is 0.444 e. The first-order chi connectivity index (χ1) is 15.5. The van der Waals surface area contributed by atoms with Crippen LogP contribution in [0.4, 0.5) is 16.2 Å². The van der Waals surface area contributed by atoms with Crippen LogP contribution in [0.3, 0.4) is 0 Å². The highest BCUT2D eigenvalue weighted by Crippen LogP contribution is 2.28. The number of imide groups is 1. The Bertz CT molecular complexity index is 1060. The minimum absolute atomic E-state index is 0.0645. The van der Waals surface area contributed by atoms with Crippen molar-refractivity contribution >= 4 is 35.2 Å². The van der Waals surface area contributed by atoms with Crippen LogP contribution in [0.25, 0.3) is 0 Å². The Kier molecular flexibility index (Phi) is 5.10. The second-order valence-corrected chi connectivity index (χ2v) is 7.83. The number of carbonyl (C=O) groups excluding carboxylic acids is 4. The fourth-order valence-electron chi connectivity index (χ4n) is 4.20. The van der Waals surface area contributed by atoms with E-state index in [1.165, 1.54) is 9.80 Å². The van der Waals surface area contributed by atoms with Crippen LogP contribution in [-0.2, 0) is 14.3 Å². The normalized spacial score (nSPS) is 20.8. The van der Waals surface area contributed by atoms with Crippen molar-refractivity contribution in [3.8, 4) is 0 Å². The van der Waals surface area contributed by atoms with Crippen LogP contribution >= 0.6 is 0 Å². The third-order valence-electron chi connectivity index (χ3n) is 5.89. The Hall–Kier alpha value is -3.72. The number of carbonyl (C=O) groups is 4. The summed E-state index contributed by atoms with van der Waals surface area (Å²) in [5.74, 6) is -0.738. The van der Waals surface area contributed by atoms with Crippen LogP contribution in [0.5, 0.6) is 0 Å². The molecule has 3 aliphatic rings. The van der Waals surface area contributed by atoms with E-state index in [2.05, 4.69) is 0 Å². The zero-order chi connectivity index (χ0) is 22.2. The van der Waals surface area contributed by atoms with Gasteiger partial charge in [0.05, 0.1) is 24.3 Å². The Labute approximate surface area is 184 Å². The Morgan fingerprint density at radius 1 is 0.844 bits per heavy atom. The molecule has 0 aromatic heterocycles. The molecule has 2 saturated heterocycles. The average molecular weight is 435 g/mol.